The van der Waals surface area contributed by atoms with Crippen molar-refractivity contribution in [3.8, 4) is 11.5 Å². The van der Waals surface area contributed by atoms with Crippen LogP contribution in [-0.4, -0.2) is 25.6 Å². The Bertz CT molecular complexity index is 649. The fourth-order valence-corrected chi connectivity index (χ4v) is 1.99. The first-order chi connectivity index (χ1) is 11.5. The Hall–Kier alpha value is -2.84. The number of benzene rings is 1. The summed E-state index contributed by atoms with van der Waals surface area (Å²) in [5.41, 5.74) is 4.37. The number of hydrazine groups is 2. The summed E-state index contributed by atoms with van der Waals surface area (Å²) >= 11 is 0. The van der Waals surface area contributed by atoms with Crippen molar-refractivity contribution in [2.75, 3.05) is 19.2 Å². The number of carbonyl (C=O) groups is 1. The minimum Gasteiger partial charge on any atom is -0.496 e. The maximum atomic E-state index is 8.94. The number of amides is 1. The van der Waals surface area contributed by atoms with Gasteiger partial charge in [-0.1, -0.05) is 6.07 Å². The Morgan fingerprint density at radius 3 is 2.50 bits per heavy atom. The Kier molecular flexibility index (Phi) is 8.03. The molecule has 0 spiro atoms. The van der Waals surface area contributed by atoms with Gasteiger partial charge in [0.05, 0.1) is 24.1 Å². The molecule has 0 aliphatic carbocycles. The molecule has 2 rings (SSSR count). The largest absolute Gasteiger partial charge is 0.496 e. The van der Waals surface area contributed by atoms with Crippen LogP contribution in [0.15, 0.2) is 36.5 Å². The van der Waals surface area contributed by atoms with Gasteiger partial charge < -0.3 is 14.5 Å². The summed E-state index contributed by atoms with van der Waals surface area (Å²) in [5, 5.41) is 1.55. The quantitative estimate of drug-likeness (QED) is 0.311. The van der Waals surface area contributed by atoms with Gasteiger partial charge in [0.25, 0.3) is 0 Å². The third-order valence-electron chi connectivity index (χ3n) is 3.11. The molecule has 0 aliphatic heterocycles. The first kappa shape index (κ1) is 19.2. The van der Waals surface area contributed by atoms with Crippen molar-refractivity contribution in [1.29, 1.82) is 0 Å². The maximum Gasteiger partial charge on any atom is 0.221 e. The van der Waals surface area contributed by atoms with Gasteiger partial charge in [0.1, 0.15) is 18.1 Å². The molecule has 24 heavy (non-hydrogen) atoms. The van der Waals surface area contributed by atoms with Crippen molar-refractivity contribution in [2.45, 2.75) is 13.5 Å². The van der Waals surface area contributed by atoms with Gasteiger partial charge in [-0.05, 0) is 31.2 Å². The average Bonchev–Trinajstić information content (AvgIpc) is 2.60. The molecule has 0 radical (unpaired) electrons. The van der Waals surface area contributed by atoms with Crippen LogP contribution in [-0.2, 0) is 11.4 Å². The van der Waals surface area contributed by atoms with Gasteiger partial charge in [0.2, 0.25) is 6.41 Å². The number of carbonyl (C=O) groups excluding carboxylic acids is 1. The smallest absolute Gasteiger partial charge is 0.221 e. The van der Waals surface area contributed by atoms with Gasteiger partial charge in [-0.3, -0.25) is 15.2 Å². The molecule has 1 amide bonds. The normalized spacial score (nSPS) is 9.38. The van der Waals surface area contributed by atoms with Crippen molar-refractivity contribution in [2.24, 2.45) is 11.7 Å². The second kappa shape index (κ2) is 10.0. The number of ether oxygens (including phenoxy) is 2. The second-order valence-electron chi connectivity index (χ2n) is 4.73. The van der Waals surface area contributed by atoms with Crippen molar-refractivity contribution in [3.05, 3.63) is 47.8 Å². The van der Waals surface area contributed by atoms with Gasteiger partial charge >= 0.3 is 0 Å². The predicted octanol–water partition coefficient (Wildman–Crippen LogP) is 0.894. The molecule has 8 nitrogen and oxygen atoms in total. The minimum absolute atomic E-state index is 0.368. The number of anilines is 1. The van der Waals surface area contributed by atoms with Gasteiger partial charge in [0, 0.05) is 13.2 Å². The first-order valence-corrected chi connectivity index (χ1v) is 7.13. The lowest BCUT2D eigenvalue weighted by Crippen LogP contribution is -2.26. The highest BCUT2D eigenvalue weighted by Gasteiger charge is 2.12. The summed E-state index contributed by atoms with van der Waals surface area (Å²) in [6.07, 6.45) is 2.14. The lowest BCUT2D eigenvalue weighted by molar-refractivity contribution is -0.109. The molecular weight excluding hydrogens is 310 g/mol. The van der Waals surface area contributed by atoms with Crippen LogP contribution in [0.5, 0.6) is 11.5 Å². The van der Waals surface area contributed by atoms with Gasteiger partial charge in [0.15, 0.2) is 0 Å². The predicted molar refractivity (Wildman–Crippen MR) is 92.3 cm³/mol. The summed E-state index contributed by atoms with van der Waals surface area (Å²) in [4.78, 5) is 13.1. The van der Waals surface area contributed by atoms with E-state index in [1.165, 1.54) is 0 Å². The lowest BCUT2D eigenvalue weighted by atomic mass is 10.1. The number of pyridine rings is 1. The van der Waals surface area contributed by atoms with Crippen molar-refractivity contribution in [3.63, 3.8) is 0 Å². The fraction of sp³-hybridized carbons (Fsp3) is 0.250. The maximum absolute atomic E-state index is 8.94. The zero-order valence-electron chi connectivity index (χ0n) is 14.0. The second-order valence-corrected chi connectivity index (χ2v) is 4.73. The molecule has 1 heterocycles. The summed E-state index contributed by atoms with van der Waals surface area (Å²) in [6, 6.07) is 9.46. The zero-order valence-corrected chi connectivity index (χ0v) is 14.0. The summed E-state index contributed by atoms with van der Waals surface area (Å²) in [7, 11) is 3.42. The highest BCUT2D eigenvalue weighted by Crippen LogP contribution is 2.29. The van der Waals surface area contributed by atoms with E-state index in [4.69, 9.17) is 20.1 Å². The number of aromatic nitrogens is 1. The summed E-state index contributed by atoms with van der Waals surface area (Å²) in [6.45, 7) is 2.28. The minimum atomic E-state index is 0.368. The fourth-order valence-electron chi connectivity index (χ4n) is 1.99. The van der Waals surface area contributed by atoms with Crippen LogP contribution >= 0.6 is 0 Å². The first-order valence-electron chi connectivity index (χ1n) is 7.13. The van der Waals surface area contributed by atoms with E-state index < -0.39 is 0 Å². The monoisotopic (exact) mass is 333 g/mol. The van der Waals surface area contributed by atoms with Gasteiger partial charge in [-0.15, -0.1) is 0 Å². The van der Waals surface area contributed by atoms with Crippen LogP contribution in [0.25, 0.3) is 0 Å². The van der Waals surface area contributed by atoms with Crippen molar-refractivity contribution >= 4 is 12.1 Å². The van der Waals surface area contributed by atoms with Crippen LogP contribution in [0.3, 0.4) is 0 Å². The highest BCUT2D eigenvalue weighted by molar-refractivity contribution is 5.58. The lowest BCUT2D eigenvalue weighted by Gasteiger charge is -2.19. The molecule has 2 aromatic rings. The van der Waals surface area contributed by atoms with E-state index in [0.29, 0.717) is 13.0 Å². The Morgan fingerprint density at radius 1 is 1.29 bits per heavy atom. The highest BCUT2D eigenvalue weighted by atomic mass is 16.5. The Morgan fingerprint density at radius 2 is 1.96 bits per heavy atom. The van der Waals surface area contributed by atoms with Crippen LogP contribution < -0.4 is 31.6 Å². The molecular formula is C16H23N5O3. The molecule has 1 aromatic carbocycles. The molecule has 130 valence electrons. The summed E-state index contributed by atoms with van der Waals surface area (Å²) in [5.74, 6) is 11.8. The van der Waals surface area contributed by atoms with Crippen molar-refractivity contribution < 1.29 is 14.3 Å². The Labute approximate surface area is 141 Å². The molecule has 0 aliphatic rings. The van der Waals surface area contributed by atoms with Gasteiger partial charge in [-0.2, -0.15) is 0 Å². The molecule has 0 fully saturated rings. The van der Waals surface area contributed by atoms with E-state index in [1.807, 2.05) is 37.3 Å². The molecule has 5 N–H and O–H groups in total. The van der Waals surface area contributed by atoms with Crippen LogP contribution in [0.1, 0.15) is 11.3 Å². The number of nitrogens with one attached hydrogen (secondary N) is 1. The number of nitrogens with zero attached hydrogens (tertiary/aromatic N) is 2. The van der Waals surface area contributed by atoms with E-state index in [0.717, 1.165) is 28.4 Å². The van der Waals surface area contributed by atoms with E-state index >= 15 is 0 Å². The van der Waals surface area contributed by atoms with Crippen LogP contribution in [0, 0.1) is 6.92 Å². The molecule has 8 heteroatoms. The van der Waals surface area contributed by atoms with E-state index in [-0.39, 0.29) is 0 Å². The zero-order chi connectivity index (χ0) is 17.9. The van der Waals surface area contributed by atoms with Crippen molar-refractivity contribution in [1.82, 2.24) is 10.4 Å². The Balaban J connectivity index is 0.000000648. The SMILES string of the molecule is COc1cccc(N(C)N)c1COc1cccnc1C.NNC=O. The van der Waals surface area contributed by atoms with E-state index in [9.17, 15) is 0 Å². The van der Waals surface area contributed by atoms with E-state index in [1.54, 1.807) is 30.8 Å². The molecule has 0 unspecified atom stereocenters. The van der Waals surface area contributed by atoms with Crippen LogP contribution in [0.2, 0.25) is 0 Å². The molecule has 0 saturated carbocycles. The average molecular weight is 333 g/mol. The third kappa shape index (κ3) is 5.41. The molecule has 0 bridgehead atoms. The molecule has 0 saturated heterocycles. The topological polar surface area (TPSA) is 116 Å². The number of aryl methyl sites for hydroxylation is 1. The number of methoxy groups -OCH3 is 1. The molecule has 0 atom stereocenters. The van der Waals surface area contributed by atoms with E-state index in [2.05, 4.69) is 10.8 Å². The number of nitrogens with two attached hydrogens (primary N) is 2. The summed E-state index contributed by atoms with van der Waals surface area (Å²) < 4.78 is 11.2. The number of rotatable bonds is 6. The standard InChI is InChI=1S/C15H19N3O2.CH4N2O/c1-11-14(8-5-9-17-11)20-10-12-13(18(2)16)6-4-7-15(12)19-3;2-3-1-4/h4-9H,10,16H2,1-3H3;1H,2H2,(H,3,4). The number of hydrogen-bond donors (Lipinski definition) is 3. The van der Waals surface area contributed by atoms with Gasteiger partial charge in [-0.25, -0.2) is 11.7 Å². The third-order valence-corrected chi connectivity index (χ3v) is 3.11. The van der Waals surface area contributed by atoms with Crippen LogP contribution in [0.4, 0.5) is 5.69 Å². The molecule has 1 aromatic heterocycles. The number of hydrogen-bond acceptors (Lipinski definition) is 7.